The summed E-state index contributed by atoms with van der Waals surface area (Å²) in [6.07, 6.45) is 4.33. The van der Waals surface area contributed by atoms with Crippen LogP contribution in [0, 0.1) is 0 Å². The maximum atomic E-state index is 12.1. The van der Waals surface area contributed by atoms with E-state index in [1.54, 1.807) is 19.2 Å². The number of hydrogen-bond donors (Lipinski definition) is 2. The Bertz CT molecular complexity index is 899. The van der Waals surface area contributed by atoms with Crippen molar-refractivity contribution < 1.29 is 18.7 Å². The lowest BCUT2D eigenvalue weighted by atomic mass is 10.2. The number of rotatable bonds is 9. The number of hydrogen-bond acceptors (Lipinski definition) is 4. The minimum absolute atomic E-state index is 0.0830. The van der Waals surface area contributed by atoms with Crippen molar-refractivity contribution in [1.82, 2.24) is 9.88 Å². The Kier molecular flexibility index (Phi) is 6.27. The molecule has 27 heavy (non-hydrogen) atoms. The third kappa shape index (κ3) is 4.98. The Balaban J connectivity index is 1.45. The summed E-state index contributed by atoms with van der Waals surface area (Å²) in [7, 11) is 1.68. The maximum Gasteiger partial charge on any atom is 0.286 e. The van der Waals surface area contributed by atoms with Crippen molar-refractivity contribution in [3.05, 3.63) is 54.6 Å². The number of nitrogens with zero attached hydrogens (tertiary/aromatic N) is 1. The monoisotopic (exact) mass is 369 g/mol. The van der Waals surface area contributed by atoms with Crippen LogP contribution in [-0.4, -0.2) is 36.6 Å². The molecule has 0 saturated heterocycles. The number of fused-ring (bicyclic) bond motifs is 1. The normalized spacial score (nSPS) is 10.9. The number of furan rings is 1. The molecule has 2 N–H and O–H groups in total. The zero-order valence-corrected chi connectivity index (χ0v) is 15.2. The minimum atomic E-state index is -0.274. The van der Waals surface area contributed by atoms with Crippen molar-refractivity contribution in [3.63, 3.8) is 0 Å². The van der Waals surface area contributed by atoms with Gasteiger partial charge in [-0.15, -0.1) is 0 Å². The van der Waals surface area contributed by atoms with Crippen LogP contribution >= 0.6 is 0 Å². The van der Waals surface area contributed by atoms with Gasteiger partial charge in [0.05, 0.1) is 12.9 Å². The van der Waals surface area contributed by atoms with E-state index in [9.17, 15) is 9.59 Å². The van der Waals surface area contributed by atoms with Crippen molar-refractivity contribution in [2.24, 2.45) is 0 Å². The van der Waals surface area contributed by atoms with Crippen LogP contribution < -0.4 is 10.6 Å². The van der Waals surface area contributed by atoms with Crippen molar-refractivity contribution in [3.8, 4) is 0 Å². The third-order valence-corrected chi connectivity index (χ3v) is 4.20. The van der Waals surface area contributed by atoms with Gasteiger partial charge in [-0.3, -0.25) is 9.59 Å². The van der Waals surface area contributed by atoms with E-state index < -0.39 is 0 Å². The first kappa shape index (κ1) is 18.7. The van der Waals surface area contributed by atoms with E-state index in [2.05, 4.69) is 15.2 Å². The summed E-state index contributed by atoms with van der Waals surface area (Å²) in [6.45, 7) is 1.85. The summed E-state index contributed by atoms with van der Waals surface area (Å²) in [5, 5.41) is 6.68. The van der Waals surface area contributed by atoms with Gasteiger partial charge in [0, 0.05) is 49.4 Å². The van der Waals surface area contributed by atoms with E-state index in [0.29, 0.717) is 26.0 Å². The summed E-state index contributed by atoms with van der Waals surface area (Å²) in [4.78, 5) is 23.8. The van der Waals surface area contributed by atoms with Gasteiger partial charge < -0.3 is 24.4 Å². The molecule has 3 rings (SSSR count). The average Bonchev–Trinajstić information content (AvgIpc) is 3.33. The van der Waals surface area contributed by atoms with Crippen LogP contribution in [0.4, 0.5) is 5.69 Å². The van der Waals surface area contributed by atoms with Crippen LogP contribution in [0.3, 0.4) is 0 Å². The number of anilines is 1. The van der Waals surface area contributed by atoms with E-state index in [1.165, 1.54) is 6.26 Å². The number of nitrogens with one attached hydrogen (secondary N) is 2. The summed E-state index contributed by atoms with van der Waals surface area (Å²) in [5.74, 6) is -0.0885. The first-order chi connectivity index (χ1) is 13.2. The number of ether oxygens (including phenoxy) is 1. The van der Waals surface area contributed by atoms with Gasteiger partial charge in [0.2, 0.25) is 5.91 Å². The minimum Gasteiger partial charge on any atom is -0.459 e. The SMILES string of the molecule is COCCn1ccc2cc(NC(=O)CCCNC(=O)c3ccco3)ccc21. The highest BCUT2D eigenvalue weighted by atomic mass is 16.5. The molecule has 142 valence electrons. The fourth-order valence-corrected chi connectivity index (χ4v) is 2.83. The smallest absolute Gasteiger partial charge is 0.286 e. The Morgan fingerprint density at radius 3 is 2.89 bits per heavy atom. The van der Waals surface area contributed by atoms with Crippen LogP contribution in [-0.2, 0) is 16.1 Å². The fraction of sp³-hybridized carbons (Fsp3) is 0.300. The Labute approximate surface area is 157 Å². The number of aromatic nitrogens is 1. The largest absolute Gasteiger partial charge is 0.459 e. The summed E-state index contributed by atoms with van der Waals surface area (Å²) < 4.78 is 12.2. The van der Waals surface area contributed by atoms with E-state index in [4.69, 9.17) is 9.15 Å². The van der Waals surface area contributed by atoms with Crippen LogP contribution in [0.25, 0.3) is 10.9 Å². The highest BCUT2D eigenvalue weighted by Crippen LogP contribution is 2.20. The highest BCUT2D eigenvalue weighted by Gasteiger charge is 2.09. The summed E-state index contributed by atoms with van der Waals surface area (Å²) >= 11 is 0. The standard InChI is InChI=1S/C20H23N3O4/c1-26-13-11-23-10-8-15-14-16(6-7-17(15)23)22-19(24)5-2-9-21-20(25)18-4-3-12-27-18/h3-4,6-8,10,12,14H,2,5,9,11,13H2,1H3,(H,21,25)(H,22,24). The molecule has 0 fully saturated rings. The Morgan fingerprint density at radius 2 is 2.11 bits per heavy atom. The number of methoxy groups -OCH3 is 1. The molecule has 2 heterocycles. The molecule has 0 aliphatic carbocycles. The molecule has 1 aromatic carbocycles. The number of carbonyl (C=O) groups excluding carboxylic acids is 2. The Morgan fingerprint density at radius 1 is 1.22 bits per heavy atom. The van der Waals surface area contributed by atoms with Gasteiger partial charge >= 0.3 is 0 Å². The number of carbonyl (C=O) groups is 2. The lowest BCUT2D eigenvalue weighted by Crippen LogP contribution is -2.25. The molecule has 0 aliphatic rings. The molecule has 0 spiro atoms. The molecule has 0 saturated carbocycles. The van der Waals surface area contributed by atoms with Crippen LogP contribution in [0.5, 0.6) is 0 Å². The molecule has 0 aliphatic heterocycles. The molecule has 7 nitrogen and oxygen atoms in total. The molecule has 0 radical (unpaired) electrons. The van der Waals surface area contributed by atoms with Gasteiger partial charge in [-0.05, 0) is 42.8 Å². The second kappa shape index (κ2) is 9.05. The highest BCUT2D eigenvalue weighted by molar-refractivity contribution is 5.94. The van der Waals surface area contributed by atoms with E-state index >= 15 is 0 Å². The van der Waals surface area contributed by atoms with Crippen molar-refractivity contribution in [1.29, 1.82) is 0 Å². The van der Waals surface area contributed by atoms with Crippen LogP contribution in [0.15, 0.2) is 53.3 Å². The molecular formula is C20H23N3O4. The van der Waals surface area contributed by atoms with Gasteiger partial charge in [-0.1, -0.05) is 0 Å². The zero-order valence-electron chi connectivity index (χ0n) is 15.2. The van der Waals surface area contributed by atoms with Gasteiger partial charge in [0.25, 0.3) is 5.91 Å². The van der Waals surface area contributed by atoms with Gasteiger partial charge in [-0.25, -0.2) is 0 Å². The zero-order chi connectivity index (χ0) is 19.1. The van der Waals surface area contributed by atoms with Gasteiger partial charge in [0.15, 0.2) is 5.76 Å². The fourth-order valence-electron chi connectivity index (χ4n) is 2.83. The first-order valence-electron chi connectivity index (χ1n) is 8.87. The quantitative estimate of drug-likeness (QED) is 0.568. The second-order valence-corrected chi connectivity index (χ2v) is 6.16. The van der Waals surface area contributed by atoms with E-state index in [1.807, 2.05) is 30.5 Å². The van der Waals surface area contributed by atoms with Crippen LogP contribution in [0.2, 0.25) is 0 Å². The Hall–Kier alpha value is -3.06. The molecule has 0 bridgehead atoms. The summed E-state index contributed by atoms with van der Waals surface area (Å²) in [5.41, 5.74) is 1.86. The van der Waals surface area contributed by atoms with Crippen molar-refractivity contribution in [2.45, 2.75) is 19.4 Å². The van der Waals surface area contributed by atoms with E-state index in [-0.39, 0.29) is 17.6 Å². The third-order valence-electron chi connectivity index (χ3n) is 4.20. The molecule has 2 aromatic heterocycles. The molecule has 7 heteroatoms. The molecular weight excluding hydrogens is 346 g/mol. The average molecular weight is 369 g/mol. The number of amides is 2. The molecule has 3 aromatic rings. The molecule has 0 atom stereocenters. The lowest BCUT2D eigenvalue weighted by molar-refractivity contribution is -0.116. The molecule has 2 amide bonds. The second-order valence-electron chi connectivity index (χ2n) is 6.16. The molecule has 0 unspecified atom stereocenters. The predicted octanol–water partition coefficient (Wildman–Crippen LogP) is 3.03. The predicted molar refractivity (Wildman–Crippen MR) is 103 cm³/mol. The summed E-state index contributed by atoms with van der Waals surface area (Å²) in [6, 6.07) is 11.1. The van der Waals surface area contributed by atoms with Gasteiger partial charge in [-0.2, -0.15) is 0 Å². The number of benzene rings is 1. The maximum absolute atomic E-state index is 12.1. The van der Waals surface area contributed by atoms with Crippen LogP contribution in [0.1, 0.15) is 23.4 Å². The topological polar surface area (TPSA) is 85.5 Å². The van der Waals surface area contributed by atoms with E-state index in [0.717, 1.165) is 23.1 Å². The first-order valence-corrected chi connectivity index (χ1v) is 8.87. The van der Waals surface area contributed by atoms with Crippen molar-refractivity contribution >= 4 is 28.4 Å². The van der Waals surface area contributed by atoms with Crippen molar-refractivity contribution in [2.75, 3.05) is 25.6 Å². The van der Waals surface area contributed by atoms with Gasteiger partial charge in [0.1, 0.15) is 0 Å². The lowest BCUT2D eigenvalue weighted by Gasteiger charge is -2.08.